The third-order valence-corrected chi connectivity index (χ3v) is 5.55. The number of nitrogens with one attached hydrogen (secondary N) is 2. The van der Waals surface area contributed by atoms with E-state index in [0.29, 0.717) is 5.56 Å². The molecule has 1 atom stereocenters. The molecule has 0 amide bonds. The van der Waals surface area contributed by atoms with Crippen molar-refractivity contribution in [3.8, 4) is 0 Å². The van der Waals surface area contributed by atoms with E-state index >= 15 is 0 Å². The van der Waals surface area contributed by atoms with E-state index in [-0.39, 0.29) is 16.0 Å². The highest BCUT2D eigenvalue weighted by Gasteiger charge is 2.45. The number of rotatable bonds is 6. The fourth-order valence-electron chi connectivity index (χ4n) is 2.91. The highest BCUT2D eigenvalue weighted by molar-refractivity contribution is 7.90. The number of alkyl halides is 3. The minimum Gasteiger partial charge on any atom is -0.342 e. The van der Waals surface area contributed by atoms with Crippen LogP contribution in [-0.4, -0.2) is 33.2 Å². The average molecular weight is 444 g/mol. The fraction of sp³-hybridized carbons (Fsp3) is 0.211. The molecule has 1 heterocycles. The normalized spacial score (nSPS) is 19.3. The van der Waals surface area contributed by atoms with E-state index in [9.17, 15) is 30.8 Å². The van der Waals surface area contributed by atoms with Crippen molar-refractivity contribution in [2.75, 3.05) is 12.9 Å². The minimum absolute atomic E-state index is 0.00830. The summed E-state index contributed by atoms with van der Waals surface area (Å²) in [7, 11) is -3.51. The zero-order chi connectivity index (χ0) is 22.2. The largest absolute Gasteiger partial charge is 0.452 e. The van der Waals surface area contributed by atoms with Crippen molar-refractivity contribution < 1.29 is 35.5 Å². The molecule has 1 unspecified atom stereocenters. The van der Waals surface area contributed by atoms with Crippen molar-refractivity contribution in [1.82, 2.24) is 10.9 Å². The molecule has 11 heteroatoms. The van der Waals surface area contributed by atoms with Crippen molar-refractivity contribution in [2.45, 2.75) is 16.8 Å². The lowest BCUT2D eigenvalue weighted by molar-refractivity contribution is -0.180. The number of hydrogen-bond acceptors (Lipinski definition) is 6. The first kappa shape index (κ1) is 21.9. The van der Waals surface area contributed by atoms with Gasteiger partial charge in [0.05, 0.1) is 4.90 Å². The van der Waals surface area contributed by atoms with Gasteiger partial charge in [0, 0.05) is 23.6 Å². The van der Waals surface area contributed by atoms with Crippen LogP contribution in [-0.2, 0) is 25.1 Å². The summed E-state index contributed by atoms with van der Waals surface area (Å²) in [6, 6.07) is 10.3. The Bertz CT molecular complexity index is 1080. The second-order valence-corrected chi connectivity index (χ2v) is 8.54. The zero-order valence-electron chi connectivity index (χ0n) is 15.5. The molecule has 6 nitrogen and oxygen atoms in total. The van der Waals surface area contributed by atoms with Crippen LogP contribution in [0.2, 0.25) is 0 Å². The Labute approximate surface area is 169 Å². The van der Waals surface area contributed by atoms with Crippen LogP contribution in [0.4, 0.5) is 17.6 Å². The third-order valence-electron chi connectivity index (χ3n) is 4.42. The van der Waals surface area contributed by atoms with E-state index in [1.165, 1.54) is 42.6 Å². The lowest BCUT2D eigenvalue weighted by atomic mass is 9.90. The van der Waals surface area contributed by atoms with Crippen LogP contribution in [0.15, 0.2) is 59.6 Å². The molecule has 2 N–H and O–H groups in total. The number of benzene rings is 2. The van der Waals surface area contributed by atoms with Gasteiger partial charge >= 0.3 is 6.18 Å². The fourth-order valence-corrected chi connectivity index (χ4v) is 3.54. The minimum atomic E-state index is -5.09. The van der Waals surface area contributed by atoms with E-state index in [4.69, 9.17) is 4.74 Å². The summed E-state index contributed by atoms with van der Waals surface area (Å²) < 4.78 is 80.3. The van der Waals surface area contributed by atoms with Crippen LogP contribution in [0.3, 0.4) is 0 Å². The van der Waals surface area contributed by atoms with Crippen LogP contribution in [0.25, 0.3) is 5.57 Å². The number of carbonyl (C=O) groups excluding carboxylic acids is 1. The summed E-state index contributed by atoms with van der Waals surface area (Å²) in [6.45, 7) is -1.30. The predicted molar refractivity (Wildman–Crippen MR) is 98.9 cm³/mol. The maximum Gasteiger partial charge on any atom is 0.452 e. The molecule has 2 aromatic rings. The maximum absolute atomic E-state index is 13.3. The Kier molecular flexibility index (Phi) is 5.72. The molecule has 0 aliphatic carbocycles. The average Bonchev–Trinajstić information content (AvgIpc) is 3.10. The van der Waals surface area contributed by atoms with Gasteiger partial charge in [-0.1, -0.05) is 24.3 Å². The second kappa shape index (κ2) is 7.82. The highest BCUT2D eigenvalue weighted by Crippen LogP contribution is 2.40. The summed E-state index contributed by atoms with van der Waals surface area (Å²) in [5, 5.41) is 0. The van der Waals surface area contributed by atoms with Gasteiger partial charge in [0.15, 0.2) is 15.6 Å². The summed E-state index contributed by atoms with van der Waals surface area (Å²) in [5.74, 6) is -2.61. The lowest BCUT2D eigenvalue weighted by Crippen LogP contribution is -2.47. The van der Waals surface area contributed by atoms with Crippen molar-refractivity contribution in [3.05, 3.63) is 71.7 Å². The Hall–Kier alpha value is -2.76. The number of sulfone groups is 1. The van der Waals surface area contributed by atoms with E-state index in [2.05, 4.69) is 10.9 Å². The molecule has 0 bridgehead atoms. The van der Waals surface area contributed by atoms with Gasteiger partial charge in [0.25, 0.3) is 5.78 Å². The third kappa shape index (κ3) is 4.37. The van der Waals surface area contributed by atoms with Gasteiger partial charge in [-0.15, -0.1) is 0 Å². The highest BCUT2D eigenvalue weighted by atomic mass is 32.2. The molecule has 3 rings (SSSR count). The summed E-state index contributed by atoms with van der Waals surface area (Å²) in [5.41, 5.74) is 4.46. The number of ketones is 1. The Morgan fingerprint density at radius 3 is 2.20 bits per heavy atom. The van der Waals surface area contributed by atoms with Gasteiger partial charge in [0.1, 0.15) is 12.4 Å². The smallest absolute Gasteiger partial charge is 0.342 e. The second-order valence-electron chi connectivity index (χ2n) is 6.52. The zero-order valence-corrected chi connectivity index (χ0v) is 16.3. The summed E-state index contributed by atoms with van der Waals surface area (Å²) in [4.78, 5) is 11.4. The van der Waals surface area contributed by atoms with Gasteiger partial charge in [-0.25, -0.2) is 12.8 Å². The van der Waals surface area contributed by atoms with Crippen molar-refractivity contribution >= 4 is 21.2 Å². The first-order valence-electron chi connectivity index (χ1n) is 8.47. The maximum atomic E-state index is 13.3. The quantitative estimate of drug-likeness (QED) is 0.667. The van der Waals surface area contributed by atoms with Crippen molar-refractivity contribution in [2.24, 2.45) is 0 Å². The molecule has 0 radical (unpaired) electrons. The van der Waals surface area contributed by atoms with Crippen LogP contribution in [0, 0.1) is 5.82 Å². The van der Waals surface area contributed by atoms with E-state index < -0.39 is 39.9 Å². The van der Waals surface area contributed by atoms with Crippen LogP contribution >= 0.6 is 0 Å². The van der Waals surface area contributed by atoms with Crippen molar-refractivity contribution in [1.29, 1.82) is 0 Å². The van der Waals surface area contributed by atoms with Crippen molar-refractivity contribution in [3.63, 3.8) is 0 Å². The van der Waals surface area contributed by atoms with Crippen LogP contribution in [0.1, 0.15) is 11.1 Å². The molecular formula is C19H16F4N2O4S. The molecule has 1 aliphatic rings. The number of Topliss-reactive ketones (excluding diaryl/α,β-unsaturated/α-hetero) is 1. The summed E-state index contributed by atoms with van der Waals surface area (Å²) >= 11 is 0. The van der Waals surface area contributed by atoms with E-state index in [1.54, 1.807) is 0 Å². The number of hydrogen-bond donors (Lipinski definition) is 2. The molecule has 0 saturated carbocycles. The topological polar surface area (TPSA) is 84.5 Å². The predicted octanol–water partition coefficient (Wildman–Crippen LogP) is 2.68. The van der Waals surface area contributed by atoms with Gasteiger partial charge < -0.3 is 10.2 Å². The van der Waals surface area contributed by atoms with E-state index in [0.717, 1.165) is 18.4 Å². The lowest BCUT2D eigenvalue weighted by Gasteiger charge is -2.33. The molecular weight excluding hydrogens is 428 g/mol. The SMILES string of the molecule is CS(=O)(=O)c1ccc(C2(OCC(=O)C(F)(F)F)NNC=C2c2ccc(F)cc2)cc1. The molecule has 30 heavy (non-hydrogen) atoms. The van der Waals surface area contributed by atoms with Crippen LogP contribution in [0.5, 0.6) is 0 Å². The van der Waals surface area contributed by atoms with Gasteiger partial charge in [0.2, 0.25) is 0 Å². The standard InChI is InChI=1S/C19H16F4N2O4S/c1-30(27,28)15-8-4-13(5-9-15)18(29-11-17(26)19(21,22)23)16(10-24-25-18)12-2-6-14(20)7-3-12/h2-10,24-25H,11H2,1H3. The molecule has 2 aromatic carbocycles. The number of halogens is 4. The van der Waals surface area contributed by atoms with Gasteiger partial charge in [-0.3, -0.25) is 4.79 Å². The van der Waals surface area contributed by atoms with E-state index in [1.807, 2.05) is 0 Å². The molecule has 0 aromatic heterocycles. The monoisotopic (exact) mass is 444 g/mol. The molecule has 0 spiro atoms. The first-order chi connectivity index (χ1) is 13.9. The Morgan fingerprint density at radius 2 is 1.67 bits per heavy atom. The molecule has 0 fully saturated rings. The number of ether oxygens (including phenoxy) is 1. The first-order valence-corrected chi connectivity index (χ1v) is 10.4. The van der Waals surface area contributed by atoms with Crippen LogP contribution < -0.4 is 10.9 Å². The Morgan fingerprint density at radius 1 is 1.07 bits per heavy atom. The number of carbonyl (C=O) groups is 1. The summed E-state index contributed by atoms with van der Waals surface area (Å²) in [6.07, 6.45) is -2.68. The molecule has 1 aliphatic heterocycles. The molecule has 0 saturated heterocycles. The molecule has 160 valence electrons. The Balaban J connectivity index is 2.06. The van der Waals surface area contributed by atoms with Gasteiger partial charge in [-0.2, -0.15) is 18.6 Å². The number of hydrazine groups is 1. The van der Waals surface area contributed by atoms with Gasteiger partial charge in [-0.05, 0) is 29.8 Å².